The van der Waals surface area contributed by atoms with Gasteiger partial charge in [-0.15, -0.1) is 0 Å². The molecule has 0 spiro atoms. The standard InChI is InChI=1S/C16H24N4O/c1-11-8-15-17-9-14(13(3)20(15)19-11)12(2)18-10-16(4)6-5-7-21-16/h8-9,12,18H,5-7,10H2,1-4H3. The second kappa shape index (κ2) is 5.39. The summed E-state index contributed by atoms with van der Waals surface area (Å²) >= 11 is 0. The topological polar surface area (TPSA) is 51.5 Å². The minimum atomic E-state index is -0.0258. The molecule has 0 radical (unpaired) electrons. The van der Waals surface area contributed by atoms with E-state index in [1.54, 1.807) is 0 Å². The van der Waals surface area contributed by atoms with Gasteiger partial charge in [0.25, 0.3) is 0 Å². The maximum atomic E-state index is 5.83. The lowest BCUT2D eigenvalue weighted by molar-refractivity contribution is 0.0190. The van der Waals surface area contributed by atoms with Crippen LogP contribution in [0.4, 0.5) is 0 Å². The van der Waals surface area contributed by atoms with Crippen LogP contribution < -0.4 is 5.32 Å². The number of nitrogens with one attached hydrogen (secondary N) is 1. The number of hydrogen-bond acceptors (Lipinski definition) is 4. The van der Waals surface area contributed by atoms with Crippen molar-refractivity contribution in [3.63, 3.8) is 0 Å². The molecule has 0 aliphatic carbocycles. The summed E-state index contributed by atoms with van der Waals surface area (Å²) in [5, 5.41) is 8.10. The second-order valence-corrected chi connectivity index (χ2v) is 6.36. The van der Waals surface area contributed by atoms with E-state index < -0.39 is 0 Å². The average molecular weight is 288 g/mol. The van der Waals surface area contributed by atoms with Gasteiger partial charge in [0.1, 0.15) is 0 Å². The van der Waals surface area contributed by atoms with E-state index in [4.69, 9.17) is 4.74 Å². The summed E-state index contributed by atoms with van der Waals surface area (Å²) in [4.78, 5) is 4.51. The molecule has 1 saturated heterocycles. The molecular weight excluding hydrogens is 264 g/mol. The molecule has 0 bridgehead atoms. The highest BCUT2D eigenvalue weighted by molar-refractivity contribution is 5.42. The number of nitrogens with zero attached hydrogens (tertiary/aromatic N) is 3. The molecular formula is C16H24N4O. The zero-order valence-electron chi connectivity index (χ0n) is 13.3. The third kappa shape index (κ3) is 2.80. The smallest absolute Gasteiger partial charge is 0.155 e. The molecule has 1 N–H and O–H groups in total. The van der Waals surface area contributed by atoms with Gasteiger partial charge in [0.05, 0.1) is 11.3 Å². The Balaban J connectivity index is 1.77. The number of hydrogen-bond donors (Lipinski definition) is 1. The molecule has 1 aliphatic rings. The van der Waals surface area contributed by atoms with Crippen molar-refractivity contribution in [2.75, 3.05) is 13.2 Å². The van der Waals surface area contributed by atoms with Crippen LogP contribution in [0, 0.1) is 13.8 Å². The maximum Gasteiger partial charge on any atom is 0.155 e. The predicted octanol–water partition coefficient (Wildman–Crippen LogP) is 2.57. The molecule has 5 heteroatoms. The quantitative estimate of drug-likeness (QED) is 0.939. The van der Waals surface area contributed by atoms with Gasteiger partial charge in [0.15, 0.2) is 5.65 Å². The Labute approximate surface area is 125 Å². The van der Waals surface area contributed by atoms with E-state index in [0.717, 1.165) is 43.0 Å². The van der Waals surface area contributed by atoms with Crippen LogP contribution in [0.25, 0.3) is 5.65 Å². The lowest BCUT2D eigenvalue weighted by atomic mass is 10.0. The fourth-order valence-corrected chi connectivity index (χ4v) is 3.06. The van der Waals surface area contributed by atoms with Crippen LogP contribution in [-0.4, -0.2) is 33.4 Å². The summed E-state index contributed by atoms with van der Waals surface area (Å²) in [5.74, 6) is 0. The molecule has 2 atom stereocenters. The molecule has 2 aromatic rings. The molecule has 0 aromatic carbocycles. The fourth-order valence-electron chi connectivity index (χ4n) is 3.06. The van der Waals surface area contributed by atoms with Crippen molar-refractivity contribution in [1.82, 2.24) is 19.9 Å². The summed E-state index contributed by atoms with van der Waals surface area (Å²) in [7, 11) is 0. The predicted molar refractivity (Wildman–Crippen MR) is 82.5 cm³/mol. The van der Waals surface area contributed by atoms with Gasteiger partial charge >= 0.3 is 0 Å². The number of rotatable bonds is 4. The molecule has 3 heterocycles. The highest BCUT2D eigenvalue weighted by Crippen LogP contribution is 2.25. The molecule has 3 rings (SSSR count). The zero-order valence-corrected chi connectivity index (χ0v) is 13.3. The van der Waals surface area contributed by atoms with Crippen LogP contribution in [0.1, 0.15) is 49.7 Å². The van der Waals surface area contributed by atoms with E-state index in [9.17, 15) is 0 Å². The van der Waals surface area contributed by atoms with Crippen LogP contribution in [0.3, 0.4) is 0 Å². The Kier molecular flexibility index (Phi) is 3.71. The molecule has 1 fully saturated rings. The Morgan fingerprint density at radius 1 is 1.48 bits per heavy atom. The number of aromatic nitrogens is 3. The summed E-state index contributed by atoms with van der Waals surface area (Å²) in [5.41, 5.74) is 4.21. The van der Waals surface area contributed by atoms with Crippen LogP contribution >= 0.6 is 0 Å². The van der Waals surface area contributed by atoms with Crippen molar-refractivity contribution >= 4 is 5.65 Å². The largest absolute Gasteiger partial charge is 0.374 e. The van der Waals surface area contributed by atoms with Crippen molar-refractivity contribution in [1.29, 1.82) is 0 Å². The lowest BCUT2D eigenvalue weighted by Gasteiger charge is -2.26. The second-order valence-electron chi connectivity index (χ2n) is 6.36. The summed E-state index contributed by atoms with van der Waals surface area (Å²) in [6, 6.07) is 2.23. The Morgan fingerprint density at radius 3 is 3.00 bits per heavy atom. The van der Waals surface area contributed by atoms with Gasteiger partial charge in [-0.25, -0.2) is 9.50 Å². The van der Waals surface area contributed by atoms with E-state index in [1.807, 2.05) is 23.7 Å². The molecule has 2 unspecified atom stereocenters. The van der Waals surface area contributed by atoms with Crippen molar-refractivity contribution in [2.45, 2.75) is 52.2 Å². The van der Waals surface area contributed by atoms with Gasteiger partial charge in [0.2, 0.25) is 0 Å². The van der Waals surface area contributed by atoms with Gasteiger partial charge in [-0.2, -0.15) is 5.10 Å². The van der Waals surface area contributed by atoms with Crippen molar-refractivity contribution in [2.24, 2.45) is 0 Å². The Morgan fingerprint density at radius 2 is 2.29 bits per heavy atom. The number of fused-ring (bicyclic) bond motifs is 1. The molecule has 114 valence electrons. The van der Waals surface area contributed by atoms with E-state index in [-0.39, 0.29) is 11.6 Å². The van der Waals surface area contributed by atoms with Gasteiger partial charge in [0, 0.05) is 42.7 Å². The lowest BCUT2D eigenvalue weighted by Crippen LogP contribution is -2.38. The van der Waals surface area contributed by atoms with E-state index >= 15 is 0 Å². The maximum absolute atomic E-state index is 5.83. The van der Waals surface area contributed by atoms with Gasteiger partial charge in [-0.05, 0) is 40.5 Å². The van der Waals surface area contributed by atoms with Crippen molar-refractivity contribution < 1.29 is 4.74 Å². The average Bonchev–Trinajstić information content (AvgIpc) is 3.03. The van der Waals surface area contributed by atoms with E-state index in [0.29, 0.717) is 0 Å². The molecule has 1 aliphatic heterocycles. The Bertz CT molecular complexity index is 643. The minimum absolute atomic E-state index is 0.0258. The molecule has 0 saturated carbocycles. The highest BCUT2D eigenvalue weighted by atomic mass is 16.5. The van der Waals surface area contributed by atoms with Crippen molar-refractivity contribution in [3.8, 4) is 0 Å². The van der Waals surface area contributed by atoms with E-state index in [2.05, 4.69) is 36.2 Å². The first-order valence-corrected chi connectivity index (χ1v) is 7.68. The van der Waals surface area contributed by atoms with Crippen LogP contribution in [0.15, 0.2) is 12.3 Å². The third-order valence-electron chi connectivity index (χ3n) is 4.43. The van der Waals surface area contributed by atoms with Crippen LogP contribution in [0.5, 0.6) is 0 Å². The van der Waals surface area contributed by atoms with E-state index in [1.165, 1.54) is 5.56 Å². The summed E-state index contributed by atoms with van der Waals surface area (Å²) in [6.07, 6.45) is 4.24. The summed E-state index contributed by atoms with van der Waals surface area (Å²) in [6.45, 7) is 10.2. The van der Waals surface area contributed by atoms with Crippen LogP contribution in [-0.2, 0) is 4.74 Å². The zero-order chi connectivity index (χ0) is 15.0. The minimum Gasteiger partial charge on any atom is -0.374 e. The van der Waals surface area contributed by atoms with Gasteiger partial charge < -0.3 is 10.1 Å². The van der Waals surface area contributed by atoms with Gasteiger partial charge in [-0.1, -0.05) is 0 Å². The highest BCUT2D eigenvalue weighted by Gasteiger charge is 2.30. The molecule has 21 heavy (non-hydrogen) atoms. The molecule has 2 aromatic heterocycles. The number of aryl methyl sites for hydroxylation is 2. The fraction of sp³-hybridized carbons (Fsp3) is 0.625. The SMILES string of the molecule is Cc1cc2ncc(C(C)NCC3(C)CCCO3)c(C)n2n1. The molecule has 0 amide bonds. The monoisotopic (exact) mass is 288 g/mol. The first-order valence-electron chi connectivity index (χ1n) is 7.68. The van der Waals surface area contributed by atoms with Crippen LogP contribution in [0.2, 0.25) is 0 Å². The first-order chi connectivity index (χ1) is 9.98. The third-order valence-corrected chi connectivity index (χ3v) is 4.43. The number of ether oxygens (including phenoxy) is 1. The molecule has 5 nitrogen and oxygen atoms in total. The van der Waals surface area contributed by atoms with Gasteiger partial charge in [-0.3, -0.25) is 0 Å². The van der Waals surface area contributed by atoms with Crippen molar-refractivity contribution in [3.05, 3.63) is 29.2 Å². The Hall–Kier alpha value is -1.46. The summed E-state index contributed by atoms with van der Waals surface area (Å²) < 4.78 is 7.76. The normalized spacial score (nSPS) is 23.8. The first kappa shape index (κ1) is 14.5.